The number of rotatable bonds is 11. The van der Waals surface area contributed by atoms with Gasteiger partial charge in [0.05, 0.1) is 24.1 Å². The lowest BCUT2D eigenvalue weighted by Crippen LogP contribution is -2.33. The molecule has 214 valence electrons. The van der Waals surface area contributed by atoms with Crippen molar-refractivity contribution in [2.45, 2.75) is 70.1 Å². The monoisotopic (exact) mass is 569 g/mol. The summed E-state index contributed by atoms with van der Waals surface area (Å²) in [4.78, 5) is 15.5. The van der Waals surface area contributed by atoms with Gasteiger partial charge >= 0.3 is 0 Å². The number of methoxy groups -OCH3 is 1. The second kappa shape index (κ2) is 11.7. The van der Waals surface area contributed by atoms with Crippen molar-refractivity contribution in [3.63, 3.8) is 0 Å². The van der Waals surface area contributed by atoms with Gasteiger partial charge in [-0.15, -0.1) is 0 Å². The summed E-state index contributed by atoms with van der Waals surface area (Å²) < 4.78 is 54.3. The van der Waals surface area contributed by atoms with Crippen molar-refractivity contribution in [2.75, 3.05) is 20.2 Å². The van der Waals surface area contributed by atoms with E-state index in [0.717, 1.165) is 38.0 Å². The maximum absolute atomic E-state index is 14.5. The molecule has 2 aliphatic rings. The van der Waals surface area contributed by atoms with E-state index in [2.05, 4.69) is 10.2 Å². The summed E-state index contributed by atoms with van der Waals surface area (Å²) in [6.45, 7) is 6.43. The average molecular weight is 570 g/mol. The first kappa shape index (κ1) is 28.3. The topological polar surface area (TPSA) is 92.1 Å². The van der Waals surface area contributed by atoms with Crippen LogP contribution >= 0.6 is 0 Å². The van der Waals surface area contributed by atoms with E-state index in [4.69, 9.17) is 9.15 Å². The van der Waals surface area contributed by atoms with Crippen molar-refractivity contribution in [3.8, 4) is 5.75 Å². The van der Waals surface area contributed by atoms with Crippen LogP contribution in [0.5, 0.6) is 5.75 Å². The molecular weight excluding hydrogens is 533 g/mol. The second-order valence-corrected chi connectivity index (χ2v) is 12.6. The Hall–Kier alpha value is -3.21. The van der Waals surface area contributed by atoms with Crippen molar-refractivity contribution in [1.29, 1.82) is 0 Å². The van der Waals surface area contributed by atoms with Crippen molar-refractivity contribution >= 4 is 15.9 Å². The molecule has 8 nitrogen and oxygen atoms in total. The van der Waals surface area contributed by atoms with E-state index < -0.39 is 15.9 Å². The van der Waals surface area contributed by atoms with Crippen molar-refractivity contribution in [1.82, 2.24) is 14.5 Å². The third-order valence-electron chi connectivity index (χ3n) is 7.57. The number of hydrogen-bond acceptors (Lipinski definition) is 6. The Morgan fingerprint density at radius 2 is 1.82 bits per heavy atom. The van der Waals surface area contributed by atoms with Gasteiger partial charge in [0.1, 0.15) is 23.6 Å². The first-order valence-corrected chi connectivity index (χ1v) is 15.1. The molecule has 2 aromatic carbocycles. The van der Waals surface area contributed by atoms with Crippen molar-refractivity contribution in [3.05, 3.63) is 82.1 Å². The fraction of sp³-hybridized carbons (Fsp3) is 0.433. The molecule has 2 heterocycles. The van der Waals surface area contributed by atoms with Crippen LogP contribution in [-0.2, 0) is 29.7 Å². The molecular formula is C30H36FN3O5S. The van der Waals surface area contributed by atoms with Gasteiger partial charge in [0.25, 0.3) is 5.91 Å². The molecule has 1 aliphatic heterocycles. The normalized spacial score (nSPS) is 16.0. The van der Waals surface area contributed by atoms with Gasteiger partial charge in [-0.3, -0.25) is 9.69 Å². The molecule has 0 atom stereocenters. The Balaban J connectivity index is 1.26. The Morgan fingerprint density at radius 1 is 1.12 bits per heavy atom. The number of halogens is 1. The highest BCUT2D eigenvalue weighted by Crippen LogP contribution is 2.36. The molecule has 2 fully saturated rings. The number of amides is 1. The van der Waals surface area contributed by atoms with Crippen LogP contribution in [0.2, 0.25) is 0 Å². The molecule has 40 heavy (non-hydrogen) atoms. The van der Waals surface area contributed by atoms with E-state index in [9.17, 15) is 17.6 Å². The summed E-state index contributed by atoms with van der Waals surface area (Å²) in [5, 5.41) is 2.76. The van der Waals surface area contributed by atoms with Crippen LogP contribution in [0.1, 0.15) is 64.1 Å². The summed E-state index contributed by atoms with van der Waals surface area (Å²) in [5.74, 6) is 0.185. The van der Waals surface area contributed by atoms with Gasteiger partial charge in [-0.2, -0.15) is 4.31 Å². The number of nitrogens with zero attached hydrogens (tertiary/aromatic N) is 2. The molecule has 0 bridgehead atoms. The second-order valence-electron chi connectivity index (χ2n) is 10.8. The van der Waals surface area contributed by atoms with E-state index in [-0.39, 0.29) is 35.4 Å². The minimum Gasteiger partial charge on any atom is -0.497 e. The molecule has 0 spiro atoms. The number of ether oxygens (including phenoxy) is 1. The van der Waals surface area contributed by atoms with Crippen LogP contribution in [0.25, 0.3) is 0 Å². The van der Waals surface area contributed by atoms with Crippen molar-refractivity contribution in [2.24, 2.45) is 0 Å². The van der Waals surface area contributed by atoms with Crippen molar-refractivity contribution < 1.29 is 26.8 Å². The zero-order chi connectivity index (χ0) is 28.4. The van der Waals surface area contributed by atoms with Gasteiger partial charge in [-0.1, -0.05) is 6.07 Å². The largest absolute Gasteiger partial charge is 0.497 e. The van der Waals surface area contributed by atoms with Gasteiger partial charge < -0.3 is 14.5 Å². The minimum atomic E-state index is -3.83. The van der Waals surface area contributed by atoms with Crippen LogP contribution in [-0.4, -0.2) is 49.8 Å². The predicted molar refractivity (Wildman–Crippen MR) is 149 cm³/mol. The summed E-state index contributed by atoms with van der Waals surface area (Å²) in [5.41, 5.74) is 2.91. The van der Waals surface area contributed by atoms with Crippen LogP contribution in [0.3, 0.4) is 0 Å². The third kappa shape index (κ3) is 6.24. The number of carbonyl (C=O) groups is 1. The maximum Gasteiger partial charge on any atom is 0.254 e. The molecule has 1 saturated carbocycles. The smallest absolute Gasteiger partial charge is 0.254 e. The summed E-state index contributed by atoms with van der Waals surface area (Å²) >= 11 is 0. The molecule has 5 rings (SSSR count). The van der Waals surface area contributed by atoms with Crippen LogP contribution in [0, 0.1) is 19.7 Å². The fourth-order valence-corrected chi connectivity index (χ4v) is 7.47. The Bertz CT molecular complexity index is 1470. The zero-order valence-electron chi connectivity index (χ0n) is 23.2. The summed E-state index contributed by atoms with van der Waals surface area (Å²) in [6.07, 6.45) is 5.21. The molecule has 1 aromatic heterocycles. The Kier molecular flexibility index (Phi) is 8.30. The van der Waals surface area contributed by atoms with Crippen LogP contribution in [0.15, 0.2) is 52.0 Å². The number of furan rings is 1. The maximum atomic E-state index is 14.5. The fourth-order valence-electron chi connectivity index (χ4n) is 5.40. The van der Waals surface area contributed by atoms with Gasteiger partial charge in [0, 0.05) is 24.7 Å². The van der Waals surface area contributed by atoms with E-state index in [1.54, 1.807) is 51.3 Å². The highest BCUT2D eigenvalue weighted by Gasteiger charge is 2.40. The number of carbonyl (C=O) groups excluding carboxylic acids is 1. The highest BCUT2D eigenvalue weighted by atomic mass is 32.2. The van der Waals surface area contributed by atoms with E-state index >= 15 is 0 Å². The molecule has 1 N–H and O–H groups in total. The van der Waals surface area contributed by atoms with Gasteiger partial charge in [-0.05, 0) is 99.6 Å². The van der Waals surface area contributed by atoms with E-state index in [1.165, 1.54) is 29.5 Å². The van der Waals surface area contributed by atoms with Gasteiger partial charge in [0.15, 0.2) is 0 Å². The van der Waals surface area contributed by atoms with Gasteiger partial charge in [-0.25, -0.2) is 12.8 Å². The third-order valence-corrected chi connectivity index (χ3v) is 9.78. The average Bonchev–Trinajstić information content (AvgIpc) is 3.40. The number of likely N-dealkylation sites (tertiary alicyclic amines) is 1. The number of sulfonamides is 1. The number of nitrogens with one attached hydrogen (secondary N) is 1. The summed E-state index contributed by atoms with van der Waals surface area (Å²) in [6, 6.07) is 9.89. The van der Waals surface area contributed by atoms with Gasteiger partial charge in [0.2, 0.25) is 10.0 Å². The first-order valence-electron chi connectivity index (χ1n) is 13.7. The molecule has 1 saturated heterocycles. The lowest BCUT2D eigenvalue weighted by atomic mass is 10.1. The SMILES string of the molecule is COc1cc(C)c(S(=O)(=O)N(Cc2cc(C(=O)NCc3cc(CN4CCCC4)ccc3F)co2)C2CC2)c(C)c1. The molecule has 1 aliphatic carbocycles. The quantitative estimate of drug-likeness (QED) is 0.352. The minimum absolute atomic E-state index is 0.0123. The number of aryl methyl sites for hydroxylation is 2. The highest BCUT2D eigenvalue weighted by molar-refractivity contribution is 7.89. The first-order chi connectivity index (χ1) is 19.2. The Labute approximate surface area is 235 Å². The zero-order valence-corrected chi connectivity index (χ0v) is 24.0. The predicted octanol–water partition coefficient (Wildman–Crippen LogP) is 4.92. The standard InChI is InChI=1S/C30H36FN3O5S/c1-20-12-26(38-3)13-21(2)29(20)40(36,37)34(25-7-8-25)18-27-15-24(19-39-27)30(35)32-16-23-14-22(6-9-28(23)31)17-33-10-4-5-11-33/h6,9,12-15,19,25H,4-5,7-8,10-11,16-18H2,1-3H3,(H,32,35). The molecule has 0 unspecified atom stereocenters. The van der Waals surface area contributed by atoms with E-state index in [1.807, 2.05) is 0 Å². The molecule has 10 heteroatoms. The lowest BCUT2D eigenvalue weighted by Gasteiger charge is -2.23. The van der Waals surface area contributed by atoms with Crippen LogP contribution < -0.4 is 10.1 Å². The molecule has 1 amide bonds. The lowest BCUT2D eigenvalue weighted by molar-refractivity contribution is 0.0950. The number of hydrogen-bond donors (Lipinski definition) is 1. The molecule has 3 aromatic rings. The summed E-state index contributed by atoms with van der Waals surface area (Å²) in [7, 11) is -2.28. The van der Waals surface area contributed by atoms with Crippen LogP contribution in [0.4, 0.5) is 4.39 Å². The van der Waals surface area contributed by atoms with E-state index in [0.29, 0.717) is 28.2 Å². The Morgan fingerprint density at radius 3 is 2.48 bits per heavy atom. The molecule has 0 radical (unpaired) electrons. The number of benzene rings is 2.